The van der Waals surface area contributed by atoms with Gasteiger partial charge >= 0.3 is 5.69 Å². The quantitative estimate of drug-likeness (QED) is 0.846. The standard InChI is InChI=1S/C20H26N4O4/c1-14-11-23(19(27)21-18(14)26)12-17(25)22-9-10-24(20(2,3)13-22)15-5-7-16(28-4)8-6-15/h5-8,11H,9-10,12-13H2,1-4H3,(H,21,26,27). The molecule has 1 N–H and O–H groups in total. The molecule has 2 heterocycles. The number of aryl methyl sites for hydroxylation is 1. The van der Waals surface area contributed by atoms with E-state index in [0.29, 0.717) is 25.2 Å². The monoisotopic (exact) mass is 386 g/mol. The van der Waals surface area contributed by atoms with Crippen LogP contribution in [0.25, 0.3) is 0 Å². The summed E-state index contributed by atoms with van der Waals surface area (Å²) in [4.78, 5) is 42.5. The van der Waals surface area contributed by atoms with E-state index in [-0.39, 0.29) is 18.0 Å². The topological polar surface area (TPSA) is 87.6 Å². The Labute approximate surface area is 163 Å². The van der Waals surface area contributed by atoms with Crippen molar-refractivity contribution in [2.45, 2.75) is 32.9 Å². The van der Waals surface area contributed by atoms with Crippen molar-refractivity contribution in [1.82, 2.24) is 14.5 Å². The van der Waals surface area contributed by atoms with Gasteiger partial charge in [0.15, 0.2) is 0 Å². The summed E-state index contributed by atoms with van der Waals surface area (Å²) in [6.07, 6.45) is 1.43. The van der Waals surface area contributed by atoms with Crippen molar-refractivity contribution in [2.24, 2.45) is 0 Å². The van der Waals surface area contributed by atoms with Gasteiger partial charge in [-0.05, 0) is 45.0 Å². The lowest BCUT2D eigenvalue weighted by molar-refractivity contribution is -0.133. The number of methoxy groups -OCH3 is 1. The largest absolute Gasteiger partial charge is 0.497 e. The summed E-state index contributed by atoms with van der Waals surface area (Å²) in [5.41, 5.74) is 0.208. The fourth-order valence-corrected chi connectivity index (χ4v) is 3.59. The van der Waals surface area contributed by atoms with Crippen LogP contribution < -0.4 is 20.9 Å². The lowest BCUT2D eigenvalue weighted by Crippen LogP contribution is -2.61. The summed E-state index contributed by atoms with van der Waals surface area (Å²) in [5.74, 6) is 0.660. The number of carbonyl (C=O) groups is 1. The molecule has 1 amide bonds. The first-order valence-corrected chi connectivity index (χ1v) is 9.21. The van der Waals surface area contributed by atoms with E-state index in [2.05, 4.69) is 23.7 Å². The van der Waals surface area contributed by atoms with Crippen LogP contribution in [0.5, 0.6) is 5.75 Å². The van der Waals surface area contributed by atoms with Crippen LogP contribution in [-0.4, -0.2) is 52.6 Å². The third-order valence-electron chi connectivity index (χ3n) is 5.13. The highest BCUT2D eigenvalue weighted by Crippen LogP contribution is 2.29. The summed E-state index contributed by atoms with van der Waals surface area (Å²) in [6.45, 7) is 7.48. The molecule has 0 saturated carbocycles. The number of carbonyl (C=O) groups excluding carboxylic acids is 1. The molecule has 3 rings (SSSR count). The Hall–Kier alpha value is -3.03. The van der Waals surface area contributed by atoms with Crippen molar-refractivity contribution >= 4 is 11.6 Å². The van der Waals surface area contributed by atoms with Gasteiger partial charge in [0.05, 0.1) is 12.6 Å². The molecule has 0 aliphatic carbocycles. The Morgan fingerprint density at radius 1 is 1.18 bits per heavy atom. The first-order valence-electron chi connectivity index (χ1n) is 9.21. The average Bonchev–Trinajstić information content (AvgIpc) is 2.65. The zero-order valence-electron chi connectivity index (χ0n) is 16.7. The van der Waals surface area contributed by atoms with Crippen molar-refractivity contribution in [3.8, 4) is 5.75 Å². The van der Waals surface area contributed by atoms with Crippen LogP contribution in [0.3, 0.4) is 0 Å². The molecular formula is C20H26N4O4. The smallest absolute Gasteiger partial charge is 0.328 e. The van der Waals surface area contributed by atoms with Crippen LogP contribution in [0.15, 0.2) is 40.1 Å². The molecule has 1 aliphatic heterocycles. The number of anilines is 1. The van der Waals surface area contributed by atoms with Gasteiger partial charge < -0.3 is 14.5 Å². The van der Waals surface area contributed by atoms with Crippen LogP contribution in [0.4, 0.5) is 5.69 Å². The van der Waals surface area contributed by atoms with E-state index >= 15 is 0 Å². The minimum Gasteiger partial charge on any atom is -0.497 e. The molecule has 1 fully saturated rings. The molecule has 150 valence electrons. The number of aromatic amines is 1. The molecule has 0 bridgehead atoms. The maximum absolute atomic E-state index is 12.8. The van der Waals surface area contributed by atoms with Crippen LogP contribution in [0, 0.1) is 6.92 Å². The number of piperazine rings is 1. The molecule has 1 aromatic carbocycles. The number of nitrogens with zero attached hydrogens (tertiary/aromatic N) is 3. The van der Waals surface area contributed by atoms with Crippen molar-refractivity contribution in [2.75, 3.05) is 31.6 Å². The number of ether oxygens (including phenoxy) is 1. The molecule has 8 heteroatoms. The Morgan fingerprint density at radius 2 is 1.86 bits per heavy atom. The molecule has 1 saturated heterocycles. The third-order valence-corrected chi connectivity index (χ3v) is 5.13. The van der Waals surface area contributed by atoms with E-state index in [9.17, 15) is 14.4 Å². The van der Waals surface area contributed by atoms with E-state index in [1.807, 2.05) is 24.3 Å². The zero-order valence-corrected chi connectivity index (χ0v) is 16.7. The van der Waals surface area contributed by atoms with E-state index in [0.717, 1.165) is 11.4 Å². The average molecular weight is 386 g/mol. The number of amides is 1. The summed E-state index contributed by atoms with van der Waals surface area (Å²) >= 11 is 0. The molecule has 1 aromatic heterocycles. The molecule has 0 spiro atoms. The normalized spacial score (nSPS) is 16.1. The molecule has 0 atom stereocenters. The van der Waals surface area contributed by atoms with Crippen LogP contribution in [0.1, 0.15) is 19.4 Å². The van der Waals surface area contributed by atoms with Gasteiger partial charge in [0.25, 0.3) is 5.56 Å². The highest BCUT2D eigenvalue weighted by atomic mass is 16.5. The van der Waals surface area contributed by atoms with Gasteiger partial charge in [-0.2, -0.15) is 0 Å². The highest BCUT2D eigenvalue weighted by Gasteiger charge is 2.35. The third kappa shape index (κ3) is 3.95. The predicted molar refractivity (Wildman–Crippen MR) is 107 cm³/mol. The van der Waals surface area contributed by atoms with Crippen LogP contribution >= 0.6 is 0 Å². The highest BCUT2D eigenvalue weighted by molar-refractivity contribution is 5.76. The molecule has 0 radical (unpaired) electrons. The lowest BCUT2D eigenvalue weighted by atomic mass is 9.97. The fraction of sp³-hybridized carbons (Fsp3) is 0.450. The van der Waals surface area contributed by atoms with Crippen LogP contribution in [-0.2, 0) is 11.3 Å². The van der Waals surface area contributed by atoms with E-state index in [1.54, 1.807) is 18.9 Å². The summed E-state index contributed by atoms with van der Waals surface area (Å²) in [5, 5.41) is 0. The maximum atomic E-state index is 12.8. The molecule has 2 aromatic rings. The number of hydrogen-bond acceptors (Lipinski definition) is 5. The Balaban J connectivity index is 1.72. The summed E-state index contributed by atoms with van der Waals surface area (Å²) in [7, 11) is 1.64. The van der Waals surface area contributed by atoms with E-state index < -0.39 is 11.2 Å². The van der Waals surface area contributed by atoms with E-state index in [1.165, 1.54) is 10.8 Å². The van der Waals surface area contributed by atoms with Crippen molar-refractivity contribution < 1.29 is 9.53 Å². The molecular weight excluding hydrogens is 360 g/mol. The molecule has 1 aliphatic rings. The Bertz CT molecular complexity index is 975. The maximum Gasteiger partial charge on any atom is 0.328 e. The van der Waals surface area contributed by atoms with Gasteiger partial charge in [-0.25, -0.2) is 4.79 Å². The number of H-pyrrole nitrogens is 1. The van der Waals surface area contributed by atoms with Crippen molar-refractivity contribution in [3.05, 3.63) is 56.9 Å². The first-order chi connectivity index (χ1) is 13.2. The second kappa shape index (κ2) is 7.53. The number of benzene rings is 1. The van der Waals surface area contributed by atoms with E-state index in [4.69, 9.17) is 4.74 Å². The zero-order chi connectivity index (χ0) is 20.5. The van der Waals surface area contributed by atoms with Gasteiger partial charge in [-0.15, -0.1) is 0 Å². The Kier molecular flexibility index (Phi) is 5.31. The molecule has 8 nitrogen and oxygen atoms in total. The van der Waals surface area contributed by atoms with Crippen LogP contribution in [0.2, 0.25) is 0 Å². The summed E-state index contributed by atoms with van der Waals surface area (Å²) < 4.78 is 6.47. The molecule has 28 heavy (non-hydrogen) atoms. The minimum atomic E-state index is -0.569. The van der Waals surface area contributed by atoms with Gasteiger partial charge in [-0.1, -0.05) is 0 Å². The SMILES string of the molecule is COc1ccc(N2CCN(C(=O)Cn3cc(C)c(=O)[nH]c3=O)CC2(C)C)cc1. The van der Waals surface area contributed by atoms with Gasteiger partial charge in [0, 0.05) is 37.1 Å². The van der Waals surface area contributed by atoms with Gasteiger partial charge in [0.1, 0.15) is 12.3 Å². The molecule has 0 unspecified atom stereocenters. The van der Waals surface area contributed by atoms with Gasteiger partial charge in [0.2, 0.25) is 5.91 Å². The second-order valence-electron chi connectivity index (χ2n) is 7.68. The fourth-order valence-electron chi connectivity index (χ4n) is 3.59. The minimum absolute atomic E-state index is 0.0882. The number of rotatable bonds is 4. The number of hydrogen-bond donors (Lipinski definition) is 1. The Morgan fingerprint density at radius 3 is 2.46 bits per heavy atom. The van der Waals surface area contributed by atoms with Crippen molar-refractivity contribution in [1.29, 1.82) is 0 Å². The van der Waals surface area contributed by atoms with Crippen molar-refractivity contribution in [3.63, 3.8) is 0 Å². The lowest BCUT2D eigenvalue weighted by Gasteiger charge is -2.48. The van der Waals surface area contributed by atoms with Gasteiger partial charge in [-0.3, -0.25) is 19.1 Å². The first kappa shape index (κ1) is 19.7. The second-order valence-corrected chi connectivity index (χ2v) is 7.68. The number of nitrogens with one attached hydrogen (secondary N) is 1. The predicted octanol–water partition coefficient (Wildman–Crippen LogP) is 0.981. The summed E-state index contributed by atoms with van der Waals surface area (Å²) in [6, 6.07) is 7.88. The number of aromatic nitrogens is 2.